The monoisotopic (exact) mass is 225 g/mol. The Balaban J connectivity index is 3.08. The normalized spacial score (nSPS) is 10.8. The van der Waals surface area contributed by atoms with Crippen LogP contribution in [-0.4, -0.2) is 0 Å². The highest BCUT2D eigenvalue weighted by atomic mass is 79.9. The van der Waals surface area contributed by atoms with Gasteiger partial charge in [-0.05, 0) is 36.5 Å². The standard InChI is InChI=1S/C11H14Br/c1-4-9-5-6-11(12)10(7-9)8(2)3/h5-8H,2,4H2,1,3H3. The SMILES string of the molecule is [CH2]C(C)c1cc(CC)ccc1Br. The zero-order valence-corrected chi connectivity index (χ0v) is 9.19. The van der Waals surface area contributed by atoms with Gasteiger partial charge in [0.2, 0.25) is 0 Å². The maximum absolute atomic E-state index is 4.01. The molecule has 0 saturated carbocycles. The predicted molar refractivity (Wildman–Crippen MR) is 57.3 cm³/mol. The van der Waals surface area contributed by atoms with E-state index in [0.29, 0.717) is 5.92 Å². The Hall–Kier alpha value is -0.300. The maximum Gasteiger partial charge on any atom is 0.0210 e. The van der Waals surface area contributed by atoms with Crippen molar-refractivity contribution in [3.63, 3.8) is 0 Å². The van der Waals surface area contributed by atoms with Gasteiger partial charge in [-0.15, -0.1) is 0 Å². The van der Waals surface area contributed by atoms with Crippen LogP contribution in [-0.2, 0) is 6.42 Å². The van der Waals surface area contributed by atoms with E-state index in [-0.39, 0.29) is 0 Å². The van der Waals surface area contributed by atoms with E-state index in [1.165, 1.54) is 15.6 Å². The second-order valence-corrected chi connectivity index (χ2v) is 3.96. The van der Waals surface area contributed by atoms with E-state index >= 15 is 0 Å². The molecule has 12 heavy (non-hydrogen) atoms. The molecule has 1 radical (unpaired) electrons. The molecule has 0 aliphatic rings. The van der Waals surface area contributed by atoms with Crippen molar-refractivity contribution in [2.45, 2.75) is 26.2 Å². The van der Waals surface area contributed by atoms with Crippen molar-refractivity contribution >= 4 is 15.9 Å². The lowest BCUT2D eigenvalue weighted by Crippen LogP contribution is -1.91. The molecule has 1 heteroatoms. The summed E-state index contributed by atoms with van der Waals surface area (Å²) < 4.78 is 1.17. The Morgan fingerprint density at radius 3 is 2.67 bits per heavy atom. The van der Waals surface area contributed by atoms with Gasteiger partial charge in [0.1, 0.15) is 0 Å². The number of rotatable bonds is 2. The number of halogens is 1. The first kappa shape index (κ1) is 9.79. The van der Waals surface area contributed by atoms with E-state index in [0.717, 1.165) is 6.42 Å². The fourth-order valence-electron chi connectivity index (χ4n) is 1.19. The van der Waals surface area contributed by atoms with Gasteiger partial charge in [-0.1, -0.05) is 41.9 Å². The molecule has 0 aromatic heterocycles. The number of hydrogen-bond acceptors (Lipinski definition) is 0. The van der Waals surface area contributed by atoms with Gasteiger partial charge in [0.25, 0.3) is 0 Å². The van der Waals surface area contributed by atoms with E-state index in [9.17, 15) is 0 Å². The number of hydrogen-bond donors (Lipinski definition) is 0. The van der Waals surface area contributed by atoms with E-state index in [2.05, 4.69) is 54.9 Å². The maximum atomic E-state index is 4.01. The molecule has 0 fully saturated rings. The van der Waals surface area contributed by atoms with Crippen molar-refractivity contribution in [2.24, 2.45) is 0 Å². The molecule has 0 N–H and O–H groups in total. The zero-order valence-electron chi connectivity index (χ0n) is 7.60. The molecule has 0 nitrogen and oxygen atoms in total. The average molecular weight is 226 g/mol. The summed E-state index contributed by atoms with van der Waals surface area (Å²) in [4.78, 5) is 0. The van der Waals surface area contributed by atoms with E-state index in [1.807, 2.05) is 0 Å². The molecule has 1 aromatic rings. The molecule has 0 amide bonds. The van der Waals surface area contributed by atoms with Crippen LogP contribution in [0.15, 0.2) is 22.7 Å². The molecule has 0 saturated heterocycles. The van der Waals surface area contributed by atoms with Gasteiger partial charge in [0.15, 0.2) is 0 Å². The van der Waals surface area contributed by atoms with Gasteiger partial charge >= 0.3 is 0 Å². The molecule has 0 bridgehead atoms. The van der Waals surface area contributed by atoms with Gasteiger partial charge < -0.3 is 0 Å². The minimum absolute atomic E-state index is 0.353. The van der Waals surface area contributed by atoms with E-state index in [1.54, 1.807) is 0 Å². The molecule has 0 spiro atoms. The average Bonchev–Trinajstić information content (AvgIpc) is 2.05. The van der Waals surface area contributed by atoms with Crippen molar-refractivity contribution in [1.82, 2.24) is 0 Å². The highest BCUT2D eigenvalue weighted by Gasteiger charge is 2.04. The Labute approximate surface area is 83.1 Å². The van der Waals surface area contributed by atoms with Crippen molar-refractivity contribution in [3.8, 4) is 0 Å². The first-order chi connectivity index (χ1) is 5.65. The fraction of sp³-hybridized carbons (Fsp3) is 0.364. The molecular weight excluding hydrogens is 212 g/mol. The van der Waals surface area contributed by atoms with Gasteiger partial charge in [0, 0.05) is 4.47 Å². The third-order valence-electron chi connectivity index (χ3n) is 2.00. The van der Waals surface area contributed by atoms with Gasteiger partial charge in [-0.3, -0.25) is 0 Å². The summed E-state index contributed by atoms with van der Waals surface area (Å²) in [5.41, 5.74) is 2.68. The summed E-state index contributed by atoms with van der Waals surface area (Å²) in [6.45, 7) is 8.29. The smallest absolute Gasteiger partial charge is 0.0210 e. The number of benzene rings is 1. The lowest BCUT2D eigenvalue weighted by Gasteiger charge is -2.09. The van der Waals surface area contributed by atoms with Crippen LogP contribution >= 0.6 is 15.9 Å². The van der Waals surface area contributed by atoms with Crippen LogP contribution in [0.5, 0.6) is 0 Å². The van der Waals surface area contributed by atoms with Crippen molar-refractivity contribution < 1.29 is 0 Å². The summed E-state index contributed by atoms with van der Waals surface area (Å²) >= 11 is 3.52. The lowest BCUT2D eigenvalue weighted by molar-refractivity contribution is 0.947. The van der Waals surface area contributed by atoms with Crippen LogP contribution in [0.3, 0.4) is 0 Å². The second-order valence-electron chi connectivity index (χ2n) is 3.11. The van der Waals surface area contributed by atoms with Crippen LogP contribution in [0.4, 0.5) is 0 Å². The number of aryl methyl sites for hydroxylation is 1. The molecule has 1 atom stereocenters. The minimum Gasteiger partial charge on any atom is -0.0613 e. The van der Waals surface area contributed by atoms with Crippen LogP contribution in [0.1, 0.15) is 30.9 Å². The Kier molecular flexibility index (Phi) is 3.33. The summed E-state index contributed by atoms with van der Waals surface area (Å²) in [7, 11) is 0. The highest BCUT2D eigenvalue weighted by molar-refractivity contribution is 9.10. The third-order valence-corrected chi connectivity index (χ3v) is 2.72. The molecule has 0 aliphatic heterocycles. The van der Waals surface area contributed by atoms with Crippen molar-refractivity contribution in [3.05, 3.63) is 40.7 Å². The summed E-state index contributed by atoms with van der Waals surface area (Å²) in [5.74, 6) is 0.353. The quantitative estimate of drug-likeness (QED) is 0.716. The first-order valence-corrected chi connectivity index (χ1v) is 5.05. The second kappa shape index (κ2) is 4.08. The Morgan fingerprint density at radius 2 is 2.17 bits per heavy atom. The summed E-state index contributed by atoms with van der Waals surface area (Å²) in [5, 5.41) is 0. The predicted octanol–water partition coefficient (Wildman–Crippen LogP) is 3.95. The van der Waals surface area contributed by atoms with Gasteiger partial charge in [-0.2, -0.15) is 0 Å². The summed E-state index contributed by atoms with van der Waals surface area (Å²) in [6, 6.07) is 6.48. The molecule has 65 valence electrons. The third kappa shape index (κ3) is 2.10. The molecular formula is C11H14Br. The van der Waals surface area contributed by atoms with Crippen molar-refractivity contribution in [2.75, 3.05) is 0 Å². The molecule has 0 aliphatic carbocycles. The van der Waals surface area contributed by atoms with Gasteiger partial charge in [-0.25, -0.2) is 0 Å². The lowest BCUT2D eigenvalue weighted by atomic mass is 10.0. The van der Waals surface area contributed by atoms with Crippen LogP contribution in [0.2, 0.25) is 0 Å². The van der Waals surface area contributed by atoms with Crippen LogP contribution in [0.25, 0.3) is 0 Å². The fourth-order valence-corrected chi connectivity index (χ4v) is 1.83. The minimum atomic E-state index is 0.353. The zero-order chi connectivity index (χ0) is 9.14. The first-order valence-electron chi connectivity index (χ1n) is 4.26. The summed E-state index contributed by atoms with van der Waals surface area (Å²) in [6.07, 6.45) is 1.09. The van der Waals surface area contributed by atoms with Crippen LogP contribution in [0, 0.1) is 6.92 Å². The molecule has 1 rings (SSSR count). The van der Waals surface area contributed by atoms with Crippen molar-refractivity contribution in [1.29, 1.82) is 0 Å². The van der Waals surface area contributed by atoms with E-state index < -0.39 is 0 Å². The molecule has 1 aromatic carbocycles. The molecule has 1 unspecified atom stereocenters. The largest absolute Gasteiger partial charge is 0.0613 e. The molecule has 0 heterocycles. The van der Waals surface area contributed by atoms with Gasteiger partial charge in [0.05, 0.1) is 0 Å². The Morgan fingerprint density at radius 1 is 1.50 bits per heavy atom. The Bertz CT molecular complexity index is 264. The van der Waals surface area contributed by atoms with Crippen LogP contribution < -0.4 is 0 Å². The topological polar surface area (TPSA) is 0 Å². The van der Waals surface area contributed by atoms with E-state index in [4.69, 9.17) is 0 Å². The highest BCUT2D eigenvalue weighted by Crippen LogP contribution is 2.25.